The Balaban J connectivity index is 2.05. The number of ether oxygens (including phenoxy) is 1. The fourth-order valence-corrected chi connectivity index (χ4v) is 2.64. The van der Waals surface area contributed by atoms with E-state index in [0.717, 1.165) is 25.7 Å². The van der Waals surface area contributed by atoms with Gasteiger partial charge in [0.1, 0.15) is 12.7 Å². The Labute approximate surface area is 137 Å². The van der Waals surface area contributed by atoms with Crippen molar-refractivity contribution in [3.05, 3.63) is 0 Å². The molecule has 8 nitrogen and oxygen atoms in total. The van der Waals surface area contributed by atoms with E-state index >= 15 is 0 Å². The minimum Gasteiger partial charge on any atom is -0.463 e. The van der Waals surface area contributed by atoms with Crippen molar-refractivity contribution >= 4 is 13.8 Å². The average molecular weight is 353 g/mol. The molecule has 2 atom stereocenters. The van der Waals surface area contributed by atoms with E-state index in [-0.39, 0.29) is 13.2 Å². The smallest absolute Gasteiger partial charge is 0.463 e. The molecule has 0 amide bonds. The number of carbonyl (C=O) groups excluding carboxylic acids is 1. The zero-order valence-corrected chi connectivity index (χ0v) is 14.5. The molecule has 1 fully saturated rings. The van der Waals surface area contributed by atoms with E-state index < -0.39 is 26.5 Å². The van der Waals surface area contributed by atoms with Gasteiger partial charge in [0, 0.05) is 19.0 Å². The first kappa shape index (κ1) is 20.5. The molecule has 2 unspecified atom stereocenters. The third-order valence-corrected chi connectivity index (χ3v) is 4.48. The van der Waals surface area contributed by atoms with Gasteiger partial charge in [0.05, 0.1) is 13.2 Å². The topological polar surface area (TPSA) is 114 Å². The molecular formula is C14H28NO7P. The van der Waals surface area contributed by atoms with E-state index in [4.69, 9.17) is 9.26 Å². The highest BCUT2D eigenvalue weighted by Crippen LogP contribution is 2.42. The Morgan fingerprint density at radius 1 is 1.35 bits per heavy atom. The van der Waals surface area contributed by atoms with Gasteiger partial charge in [-0.15, -0.1) is 0 Å². The molecule has 0 aliphatic heterocycles. The molecule has 0 saturated heterocycles. The average Bonchev–Trinajstić information content (AvgIpc) is 2.46. The summed E-state index contributed by atoms with van der Waals surface area (Å²) in [5.41, 5.74) is 0. The van der Waals surface area contributed by atoms with Crippen LogP contribution >= 0.6 is 7.82 Å². The monoisotopic (exact) mass is 353 g/mol. The number of phosphoric ester groups is 1. The molecule has 3 N–H and O–H groups in total. The summed E-state index contributed by atoms with van der Waals surface area (Å²) in [5, 5.41) is 12.8. The molecule has 0 heterocycles. The third-order valence-electron chi connectivity index (χ3n) is 3.50. The molecule has 0 radical (unpaired) electrons. The SMILES string of the molecule is CCCCC(=O)OCC(O)COP(=O)(O)OCCNC1CCC1. The zero-order valence-electron chi connectivity index (χ0n) is 13.6. The van der Waals surface area contributed by atoms with Crippen molar-refractivity contribution in [2.45, 2.75) is 57.6 Å². The van der Waals surface area contributed by atoms with E-state index in [0.29, 0.717) is 19.0 Å². The molecule has 1 saturated carbocycles. The highest BCUT2D eigenvalue weighted by Gasteiger charge is 2.23. The van der Waals surface area contributed by atoms with Crippen LogP contribution in [0.4, 0.5) is 0 Å². The fraction of sp³-hybridized carbons (Fsp3) is 0.929. The Hall–Kier alpha value is -0.500. The molecule has 0 aromatic carbocycles. The van der Waals surface area contributed by atoms with Gasteiger partial charge < -0.3 is 20.1 Å². The molecule has 9 heteroatoms. The van der Waals surface area contributed by atoms with Crippen LogP contribution in [0.25, 0.3) is 0 Å². The van der Waals surface area contributed by atoms with Crippen molar-refractivity contribution in [1.82, 2.24) is 5.32 Å². The van der Waals surface area contributed by atoms with Gasteiger partial charge in [-0.3, -0.25) is 13.8 Å². The number of aliphatic hydroxyl groups is 1. The summed E-state index contributed by atoms with van der Waals surface area (Å²) in [7, 11) is -4.20. The van der Waals surface area contributed by atoms with Crippen molar-refractivity contribution in [1.29, 1.82) is 0 Å². The predicted octanol–water partition coefficient (Wildman–Crippen LogP) is 1.36. The lowest BCUT2D eigenvalue weighted by molar-refractivity contribution is -0.147. The standard InChI is InChI=1S/C14H28NO7P/c1-2-3-7-14(17)20-10-13(16)11-22-23(18,19)21-9-8-15-12-5-4-6-12/h12-13,15-16H,2-11H2,1H3,(H,18,19). The fourth-order valence-electron chi connectivity index (χ4n) is 1.88. The van der Waals surface area contributed by atoms with Crippen molar-refractivity contribution in [3.63, 3.8) is 0 Å². The molecule has 136 valence electrons. The second kappa shape index (κ2) is 11.1. The predicted molar refractivity (Wildman–Crippen MR) is 83.9 cm³/mol. The van der Waals surface area contributed by atoms with Crippen LogP contribution in [0.2, 0.25) is 0 Å². The number of nitrogens with one attached hydrogen (secondary N) is 1. The van der Waals surface area contributed by atoms with Crippen LogP contribution < -0.4 is 5.32 Å². The van der Waals surface area contributed by atoms with Gasteiger partial charge in [-0.25, -0.2) is 4.57 Å². The number of hydrogen-bond acceptors (Lipinski definition) is 7. The molecular weight excluding hydrogens is 325 g/mol. The van der Waals surface area contributed by atoms with Crippen LogP contribution in [-0.4, -0.2) is 54.5 Å². The van der Waals surface area contributed by atoms with Crippen molar-refractivity contribution in [2.75, 3.05) is 26.4 Å². The lowest BCUT2D eigenvalue weighted by Crippen LogP contribution is -2.37. The number of hydrogen-bond donors (Lipinski definition) is 3. The third kappa shape index (κ3) is 10.1. The van der Waals surface area contributed by atoms with E-state index in [9.17, 15) is 19.4 Å². The minimum atomic E-state index is -4.20. The Bertz CT molecular complexity index is 389. The number of rotatable bonds is 13. The number of carbonyl (C=O) groups is 1. The molecule has 0 bridgehead atoms. The van der Waals surface area contributed by atoms with E-state index in [1.54, 1.807) is 0 Å². The van der Waals surface area contributed by atoms with Crippen LogP contribution in [0.5, 0.6) is 0 Å². The summed E-state index contributed by atoms with van der Waals surface area (Å²) in [6, 6.07) is 0.474. The number of esters is 1. The maximum Gasteiger partial charge on any atom is 0.472 e. The summed E-state index contributed by atoms with van der Waals surface area (Å²) >= 11 is 0. The largest absolute Gasteiger partial charge is 0.472 e. The van der Waals surface area contributed by atoms with Crippen molar-refractivity contribution < 1.29 is 33.1 Å². The van der Waals surface area contributed by atoms with Gasteiger partial charge >= 0.3 is 13.8 Å². The lowest BCUT2D eigenvalue weighted by atomic mass is 9.93. The number of unbranched alkanes of at least 4 members (excludes halogenated alkanes) is 1. The first-order chi connectivity index (χ1) is 10.9. The number of phosphoric acid groups is 1. The first-order valence-corrected chi connectivity index (χ1v) is 9.61. The second-order valence-electron chi connectivity index (χ2n) is 5.62. The molecule has 0 aromatic heterocycles. The Morgan fingerprint density at radius 2 is 2.09 bits per heavy atom. The molecule has 0 spiro atoms. The molecule has 23 heavy (non-hydrogen) atoms. The maximum absolute atomic E-state index is 11.6. The highest BCUT2D eigenvalue weighted by atomic mass is 31.2. The minimum absolute atomic E-state index is 0.0480. The van der Waals surface area contributed by atoms with Gasteiger partial charge in [0.2, 0.25) is 0 Å². The lowest BCUT2D eigenvalue weighted by Gasteiger charge is -2.26. The van der Waals surface area contributed by atoms with E-state index in [1.165, 1.54) is 6.42 Å². The van der Waals surface area contributed by atoms with Crippen LogP contribution in [0.1, 0.15) is 45.4 Å². The normalized spacial score (nSPS) is 18.9. The molecule has 0 aromatic rings. The summed E-state index contributed by atoms with van der Waals surface area (Å²) in [6.45, 7) is 1.76. The first-order valence-electron chi connectivity index (χ1n) is 8.12. The summed E-state index contributed by atoms with van der Waals surface area (Å²) in [4.78, 5) is 20.7. The number of aliphatic hydroxyl groups excluding tert-OH is 1. The maximum atomic E-state index is 11.6. The summed E-state index contributed by atoms with van der Waals surface area (Å²) in [6.07, 6.45) is 4.17. The van der Waals surface area contributed by atoms with Crippen LogP contribution in [0, 0.1) is 0 Å². The second-order valence-corrected chi connectivity index (χ2v) is 7.07. The van der Waals surface area contributed by atoms with Crippen LogP contribution in [0.15, 0.2) is 0 Å². The van der Waals surface area contributed by atoms with E-state index in [1.807, 2.05) is 6.92 Å². The summed E-state index contributed by atoms with van der Waals surface area (Å²) < 4.78 is 25.9. The van der Waals surface area contributed by atoms with Gasteiger partial charge in [0.15, 0.2) is 0 Å². The van der Waals surface area contributed by atoms with E-state index in [2.05, 4.69) is 9.84 Å². The highest BCUT2D eigenvalue weighted by molar-refractivity contribution is 7.47. The Morgan fingerprint density at radius 3 is 2.70 bits per heavy atom. The van der Waals surface area contributed by atoms with Crippen molar-refractivity contribution in [3.8, 4) is 0 Å². The van der Waals surface area contributed by atoms with Crippen LogP contribution in [0.3, 0.4) is 0 Å². The summed E-state index contributed by atoms with van der Waals surface area (Å²) in [5.74, 6) is -0.406. The molecule has 1 aliphatic carbocycles. The van der Waals surface area contributed by atoms with Gasteiger partial charge in [-0.2, -0.15) is 0 Å². The molecule has 1 rings (SSSR count). The zero-order chi connectivity index (χ0) is 17.1. The van der Waals surface area contributed by atoms with Crippen LogP contribution in [-0.2, 0) is 23.1 Å². The quantitative estimate of drug-likeness (QED) is 0.258. The van der Waals surface area contributed by atoms with Gasteiger partial charge in [0.25, 0.3) is 0 Å². The van der Waals surface area contributed by atoms with Crippen molar-refractivity contribution in [2.24, 2.45) is 0 Å². The Kier molecular flexibility index (Phi) is 9.94. The van der Waals surface area contributed by atoms with Gasteiger partial charge in [-0.1, -0.05) is 19.8 Å². The van der Waals surface area contributed by atoms with Gasteiger partial charge in [-0.05, 0) is 19.3 Å². The molecule has 1 aliphatic rings.